The zero-order valence-corrected chi connectivity index (χ0v) is 75.7. The smallest absolute Gasteiger partial charge is 0.335 e. The van der Waals surface area contributed by atoms with E-state index >= 15 is 0 Å². The van der Waals surface area contributed by atoms with Crippen LogP contribution < -0.4 is 38.6 Å². The summed E-state index contributed by atoms with van der Waals surface area (Å²) in [7, 11) is 0. The number of nitrogens with one attached hydrogen (secondary N) is 2. The number of aliphatic hydroxyl groups is 2. The molecule has 5 aromatic heterocycles. The molecule has 2 amide bonds. The molecular formula is C100H100F8N16O16. The maximum Gasteiger partial charge on any atom is 0.335 e. The van der Waals surface area contributed by atoms with Crippen LogP contribution in [0.4, 0.5) is 35.1 Å². The number of ether oxygens (including phenoxy) is 4. The van der Waals surface area contributed by atoms with Crippen molar-refractivity contribution in [1.29, 1.82) is 0 Å². The number of carbonyl (C=O) groups is 4. The first-order valence-corrected chi connectivity index (χ1v) is 44.6. The van der Waals surface area contributed by atoms with Crippen molar-refractivity contribution in [1.82, 2.24) is 74.3 Å². The Morgan fingerprint density at radius 2 is 0.686 bits per heavy atom. The molecule has 732 valence electrons. The van der Waals surface area contributed by atoms with Crippen molar-refractivity contribution in [3.63, 3.8) is 0 Å². The molecule has 7 N–H and O–H groups in total. The Bertz CT molecular complexity index is 6630. The standard InChI is InChI=1S/C25H26F2N4O4.C25H24F2N4O4.C25H22F2N4O3.C18H12F2N2O3.C7H16N2O2/c2*26-20-11-19(12-21(27)13-20)23-4-5-24(33)31(29-23)15-17-2-1-3-18(10-17)25(34)28-14-22(32)16-30-6-8-35-9-7-30;26-20-11-19(12-21(27)13-20)23-4-5-24(32)31(29-23)15-17-2-1-3-18(10-17)25-28-14-22(34-25)16-30-6-8-33-9-7-30;19-14-7-13(8-15(20)9-14)16-4-5-17(23)22(21-16)10-11-2-1-3-12(6-11)18(24)25;8-5-7(10)6-9-1-3-11-4-2-9/h1-5,10-13,22,32H,6-9,14-16H2,(H,28,34);1-5,10-13H,6-9,14-16H2,(H,28,34);1-5,10-14H,6-9,15-16H2;1-9H,10H2,(H,24,25);7,10H,1-6,8H2. The van der Waals surface area contributed by atoms with Crippen LogP contribution in [0.5, 0.6) is 0 Å². The first kappa shape index (κ1) is 103. The number of carboxylic acid groups (broad SMARTS) is 1. The first-order chi connectivity index (χ1) is 67.5. The van der Waals surface area contributed by atoms with Crippen molar-refractivity contribution in [3.8, 4) is 56.5 Å². The summed E-state index contributed by atoms with van der Waals surface area (Å²) >= 11 is 0. The molecule has 4 aliphatic heterocycles. The van der Waals surface area contributed by atoms with Crippen molar-refractivity contribution in [2.75, 3.05) is 144 Å². The highest BCUT2D eigenvalue weighted by atomic mass is 19.2. The van der Waals surface area contributed by atoms with E-state index in [4.69, 9.17) is 34.2 Å². The topological polar surface area (TPSA) is 395 Å². The lowest BCUT2D eigenvalue weighted by molar-refractivity contribution is -0.120. The van der Waals surface area contributed by atoms with E-state index in [1.54, 1.807) is 66.9 Å². The number of ketones is 1. The van der Waals surface area contributed by atoms with E-state index < -0.39 is 81.2 Å². The maximum absolute atomic E-state index is 13.6. The number of benzene rings is 8. The fraction of sp³-hybridized carbons (Fsp3) is 0.290. The Labute approximate surface area is 796 Å². The number of nitrogens with zero attached hydrogens (tertiary/aromatic N) is 13. The highest BCUT2D eigenvalue weighted by molar-refractivity contribution is 5.97. The van der Waals surface area contributed by atoms with Crippen molar-refractivity contribution >= 4 is 23.6 Å². The molecule has 4 aliphatic rings. The third kappa shape index (κ3) is 31.6. The summed E-state index contributed by atoms with van der Waals surface area (Å²) in [5, 5.41) is 50.7. The van der Waals surface area contributed by atoms with Gasteiger partial charge in [0.15, 0.2) is 5.78 Å². The molecule has 32 nitrogen and oxygen atoms in total. The van der Waals surface area contributed by atoms with Gasteiger partial charge in [0.2, 0.25) is 5.89 Å². The predicted molar refractivity (Wildman–Crippen MR) is 499 cm³/mol. The Morgan fingerprint density at radius 1 is 0.364 bits per heavy atom. The average molecular weight is 1930 g/mol. The lowest BCUT2D eigenvalue weighted by Gasteiger charge is -2.28. The van der Waals surface area contributed by atoms with Gasteiger partial charge in [-0.25, -0.2) is 63.6 Å². The molecule has 0 saturated carbocycles. The number of hydrogen-bond acceptors (Lipinski definition) is 25. The molecule has 40 heteroatoms. The van der Waals surface area contributed by atoms with Gasteiger partial charge in [0.05, 0.1) is 145 Å². The number of oxazole rings is 1. The Kier molecular flexibility index (Phi) is 37.3. The van der Waals surface area contributed by atoms with E-state index in [1.807, 2.05) is 29.2 Å². The molecule has 140 heavy (non-hydrogen) atoms. The third-order valence-electron chi connectivity index (χ3n) is 22.1. The van der Waals surface area contributed by atoms with E-state index in [0.717, 1.165) is 139 Å². The maximum atomic E-state index is 13.6. The van der Waals surface area contributed by atoms with E-state index in [0.29, 0.717) is 118 Å². The molecule has 4 saturated heterocycles. The van der Waals surface area contributed by atoms with Crippen LogP contribution in [0.2, 0.25) is 0 Å². The van der Waals surface area contributed by atoms with E-state index in [1.165, 1.54) is 82.2 Å². The van der Waals surface area contributed by atoms with Crippen molar-refractivity contribution in [3.05, 3.63) is 357 Å². The number of aliphatic hydroxyl groups excluding tert-OH is 2. The number of rotatable bonds is 29. The first-order valence-electron chi connectivity index (χ1n) is 44.6. The minimum Gasteiger partial charge on any atom is -0.478 e. The molecule has 0 radical (unpaired) electrons. The fourth-order valence-electron chi connectivity index (χ4n) is 15.0. The monoisotopic (exact) mass is 1930 g/mol. The number of nitrogens with two attached hydrogens (primary N) is 1. The van der Waals surface area contributed by atoms with Crippen LogP contribution in [0.3, 0.4) is 0 Å². The number of amides is 2. The molecule has 17 rings (SSSR count). The number of hydrogen-bond donors (Lipinski definition) is 6. The summed E-state index contributed by atoms with van der Waals surface area (Å²) in [5.41, 5.74) is 9.82. The van der Waals surface area contributed by atoms with E-state index in [9.17, 15) is 83.7 Å². The minimum absolute atomic E-state index is 0.0333. The quantitative estimate of drug-likeness (QED) is 0.0238. The van der Waals surface area contributed by atoms with Gasteiger partial charge in [-0.15, -0.1) is 0 Å². The van der Waals surface area contributed by atoms with Gasteiger partial charge in [-0.2, -0.15) is 20.4 Å². The Morgan fingerprint density at radius 3 is 1.05 bits per heavy atom. The molecule has 4 fully saturated rings. The number of carbonyl (C=O) groups excluding carboxylic acids is 3. The van der Waals surface area contributed by atoms with Gasteiger partial charge in [0, 0.05) is 166 Å². The van der Waals surface area contributed by atoms with Gasteiger partial charge < -0.3 is 55.1 Å². The molecule has 8 aromatic carbocycles. The van der Waals surface area contributed by atoms with Crippen molar-refractivity contribution < 1.29 is 93.0 Å². The number of Topliss-reactive ketones (excluding diaryl/α,β-unsaturated/α-hetero) is 1. The van der Waals surface area contributed by atoms with Crippen LogP contribution in [0.1, 0.15) is 59.1 Å². The molecule has 2 atom stereocenters. The summed E-state index contributed by atoms with van der Waals surface area (Å²) in [6.45, 7) is 14.5. The van der Waals surface area contributed by atoms with Crippen LogP contribution in [0.15, 0.2) is 248 Å². The molecule has 13 aromatic rings. The number of aromatic carboxylic acids is 1. The highest BCUT2D eigenvalue weighted by Crippen LogP contribution is 2.27. The molecule has 9 heterocycles. The van der Waals surface area contributed by atoms with Gasteiger partial charge in [-0.3, -0.25) is 53.2 Å². The van der Waals surface area contributed by atoms with Crippen molar-refractivity contribution in [2.24, 2.45) is 5.73 Å². The number of carboxylic acids is 1. The van der Waals surface area contributed by atoms with Gasteiger partial charge in [0.1, 0.15) is 52.3 Å². The Hall–Kier alpha value is -14.4. The lowest BCUT2D eigenvalue weighted by atomic mass is 10.1. The van der Waals surface area contributed by atoms with Gasteiger partial charge in [-0.05, 0) is 144 Å². The highest BCUT2D eigenvalue weighted by Gasteiger charge is 2.23. The number of aromatic nitrogens is 9. The Balaban J connectivity index is 0.000000152. The van der Waals surface area contributed by atoms with Crippen LogP contribution in [0.25, 0.3) is 56.5 Å². The van der Waals surface area contributed by atoms with E-state index in [-0.39, 0.29) is 114 Å². The number of β-amino-alcohol motifs (C(OH)–C–C–N with tert-alkyl or cyclic N) is 2. The zero-order chi connectivity index (χ0) is 99.1. The summed E-state index contributed by atoms with van der Waals surface area (Å²) in [5.74, 6) is -6.56. The molecule has 0 bridgehead atoms. The van der Waals surface area contributed by atoms with Crippen LogP contribution in [-0.2, 0) is 56.5 Å². The largest absolute Gasteiger partial charge is 0.478 e. The fourth-order valence-corrected chi connectivity index (χ4v) is 15.0. The second-order valence-electron chi connectivity index (χ2n) is 32.8. The van der Waals surface area contributed by atoms with Crippen LogP contribution >= 0.6 is 0 Å². The molecule has 0 spiro atoms. The van der Waals surface area contributed by atoms with Crippen molar-refractivity contribution in [2.45, 2.75) is 44.9 Å². The number of halogens is 8. The summed E-state index contributed by atoms with van der Waals surface area (Å²) in [6, 6.07) is 49.8. The predicted octanol–water partition coefficient (Wildman–Crippen LogP) is 8.82. The van der Waals surface area contributed by atoms with Gasteiger partial charge >= 0.3 is 5.97 Å². The average Bonchev–Trinajstić information content (AvgIpc) is 1.63. The molecular weight excluding hydrogens is 1830 g/mol. The van der Waals surface area contributed by atoms with E-state index in [2.05, 4.69) is 50.7 Å². The van der Waals surface area contributed by atoms with Gasteiger partial charge in [-0.1, -0.05) is 48.5 Å². The third-order valence-corrected chi connectivity index (χ3v) is 22.1. The molecule has 2 unspecified atom stereocenters. The van der Waals surface area contributed by atoms with Crippen LogP contribution in [0, 0.1) is 46.5 Å². The summed E-state index contributed by atoms with van der Waals surface area (Å²) in [6.07, 6.45) is 0.636. The number of morpholine rings is 4. The second-order valence-corrected chi connectivity index (χ2v) is 32.8. The molecule has 0 aliphatic carbocycles. The summed E-state index contributed by atoms with van der Waals surface area (Å²) in [4.78, 5) is 110. The van der Waals surface area contributed by atoms with Crippen LogP contribution in [-0.4, -0.2) is 259 Å². The normalized spacial score (nSPS) is 14.5. The minimum atomic E-state index is -1.08. The zero-order valence-electron chi connectivity index (χ0n) is 75.7. The van der Waals surface area contributed by atoms with Gasteiger partial charge in [0.25, 0.3) is 34.1 Å². The SMILES string of the molecule is NCC(O)CN1CCOCC1.O=C(CNC(=O)c1cccc(Cn2nc(-c3cc(F)cc(F)c3)ccc2=O)c1)CN1CCOCC1.O=C(NCC(O)CN1CCOCC1)c1cccc(Cn2nc(-c3cc(F)cc(F)c3)ccc2=O)c1.O=C(O)c1cccc(Cn2nc(-c3cc(F)cc(F)c3)ccc2=O)c1.O=c1ccc(-c2cc(F)cc(F)c2)nn1Cc1cccc(-c2ncc(CN3CCOCC3)o2)c1. The second kappa shape index (κ2) is 50.8. The summed E-state index contributed by atoms with van der Waals surface area (Å²) < 4.78 is 140. The lowest BCUT2D eigenvalue weighted by Crippen LogP contribution is -2.44.